The molecule has 22 heavy (non-hydrogen) atoms. The number of nitrogens with zero attached hydrogens (tertiary/aromatic N) is 2. The predicted octanol–water partition coefficient (Wildman–Crippen LogP) is 1.77. The van der Waals surface area contributed by atoms with Crippen LogP contribution in [0.25, 0.3) is 0 Å². The number of phenols is 1. The first-order valence-electron chi connectivity index (χ1n) is 5.79. The van der Waals surface area contributed by atoms with E-state index < -0.39 is 27.0 Å². The molecule has 0 heterocycles. The van der Waals surface area contributed by atoms with Gasteiger partial charge in [0.25, 0.3) is 5.69 Å². The van der Waals surface area contributed by atoms with E-state index in [0.717, 1.165) is 12.1 Å². The van der Waals surface area contributed by atoms with Gasteiger partial charge in [0.15, 0.2) is 17.3 Å². The van der Waals surface area contributed by atoms with E-state index in [1.165, 1.54) is 31.2 Å². The SMILES string of the molecule is Cc1cc([N+](=O)[O-])cc([N+](=O)[O-])c1O.O=C1C=CC(=O)C=C1. The number of rotatable bonds is 2. The lowest BCUT2D eigenvalue weighted by atomic mass is 10.1. The molecule has 0 amide bonds. The fourth-order valence-electron chi connectivity index (χ4n) is 1.43. The Balaban J connectivity index is 0.000000255. The van der Waals surface area contributed by atoms with Crippen LogP contribution in [0.1, 0.15) is 5.56 Å². The molecule has 1 aliphatic rings. The Morgan fingerprint density at radius 2 is 1.36 bits per heavy atom. The number of hydrogen-bond donors (Lipinski definition) is 1. The monoisotopic (exact) mass is 306 g/mol. The van der Waals surface area contributed by atoms with Gasteiger partial charge in [0, 0.05) is 11.6 Å². The molecule has 9 nitrogen and oxygen atoms in total. The summed E-state index contributed by atoms with van der Waals surface area (Å²) in [6.45, 7) is 1.36. The topological polar surface area (TPSA) is 141 Å². The number of aromatic hydroxyl groups is 1. The van der Waals surface area contributed by atoms with Crippen LogP contribution in [0.4, 0.5) is 11.4 Å². The summed E-state index contributed by atoms with van der Waals surface area (Å²) in [5.41, 5.74) is -0.963. The molecule has 0 unspecified atom stereocenters. The van der Waals surface area contributed by atoms with E-state index in [1.54, 1.807) is 0 Å². The van der Waals surface area contributed by atoms with Gasteiger partial charge in [-0.15, -0.1) is 0 Å². The molecule has 114 valence electrons. The molecular weight excluding hydrogens is 296 g/mol. The molecule has 0 radical (unpaired) electrons. The Morgan fingerprint density at radius 3 is 1.73 bits per heavy atom. The first kappa shape index (κ1) is 16.7. The van der Waals surface area contributed by atoms with Crippen molar-refractivity contribution in [2.45, 2.75) is 6.92 Å². The van der Waals surface area contributed by atoms with Crippen LogP contribution in [0, 0.1) is 27.2 Å². The zero-order valence-electron chi connectivity index (χ0n) is 11.3. The molecule has 1 aliphatic carbocycles. The molecule has 0 saturated carbocycles. The Labute approximate surface area is 123 Å². The minimum absolute atomic E-state index is 0.103. The average Bonchev–Trinajstić information content (AvgIpc) is 2.45. The van der Waals surface area contributed by atoms with Crippen molar-refractivity contribution in [3.8, 4) is 5.75 Å². The highest BCUT2D eigenvalue weighted by Gasteiger charge is 2.21. The van der Waals surface area contributed by atoms with Crippen molar-refractivity contribution >= 4 is 22.9 Å². The third-order valence-electron chi connectivity index (χ3n) is 2.50. The average molecular weight is 306 g/mol. The van der Waals surface area contributed by atoms with Crippen LogP contribution in [0.3, 0.4) is 0 Å². The summed E-state index contributed by atoms with van der Waals surface area (Å²) in [7, 11) is 0. The molecule has 9 heteroatoms. The summed E-state index contributed by atoms with van der Waals surface area (Å²) in [6, 6.07) is 1.80. The van der Waals surface area contributed by atoms with Crippen molar-refractivity contribution in [3.63, 3.8) is 0 Å². The van der Waals surface area contributed by atoms with Crippen LogP contribution >= 0.6 is 0 Å². The van der Waals surface area contributed by atoms with E-state index in [4.69, 9.17) is 0 Å². The van der Waals surface area contributed by atoms with E-state index in [0.29, 0.717) is 0 Å². The minimum atomic E-state index is -0.866. The molecule has 0 aliphatic heterocycles. The zero-order valence-corrected chi connectivity index (χ0v) is 11.3. The van der Waals surface area contributed by atoms with Gasteiger partial charge in [-0.2, -0.15) is 0 Å². The molecule has 0 fully saturated rings. The number of allylic oxidation sites excluding steroid dienone is 4. The fourth-order valence-corrected chi connectivity index (χ4v) is 1.43. The maximum absolute atomic E-state index is 10.4. The quantitative estimate of drug-likeness (QED) is 0.498. The molecule has 2 rings (SSSR count). The van der Waals surface area contributed by atoms with E-state index in [9.17, 15) is 34.9 Å². The van der Waals surface area contributed by atoms with Gasteiger partial charge in [0.05, 0.1) is 15.9 Å². The summed E-state index contributed by atoms with van der Waals surface area (Å²) >= 11 is 0. The van der Waals surface area contributed by atoms with Gasteiger partial charge in [-0.25, -0.2) is 0 Å². The van der Waals surface area contributed by atoms with Crippen molar-refractivity contribution in [1.29, 1.82) is 0 Å². The van der Waals surface area contributed by atoms with Crippen molar-refractivity contribution in [3.05, 3.63) is 62.2 Å². The van der Waals surface area contributed by atoms with E-state index in [-0.39, 0.29) is 17.1 Å². The number of ketones is 2. The number of phenolic OH excluding ortho intramolecular Hbond substituents is 1. The lowest BCUT2D eigenvalue weighted by molar-refractivity contribution is -0.394. The number of carbonyl (C=O) groups excluding carboxylic acids is 2. The van der Waals surface area contributed by atoms with Crippen molar-refractivity contribution < 1.29 is 24.5 Å². The first-order chi connectivity index (χ1) is 10.2. The second-order valence-corrected chi connectivity index (χ2v) is 4.12. The standard InChI is InChI=1S/C7H6N2O5.C6H4O2/c1-4-2-5(8(11)12)3-6(7(4)10)9(13)14;7-5-1-2-6(8)4-3-5/h2-3,10H,1H3;1-4H. The molecule has 0 aromatic heterocycles. The lowest BCUT2D eigenvalue weighted by Gasteiger charge is -1.99. The van der Waals surface area contributed by atoms with Gasteiger partial charge in [-0.1, -0.05) is 0 Å². The Morgan fingerprint density at radius 1 is 0.909 bits per heavy atom. The number of nitro benzene ring substituents is 2. The van der Waals surface area contributed by atoms with E-state index in [1.807, 2.05) is 0 Å². The zero-order chi connectivity index (χ0) is 16.9. The predicted molar refractivity (Wildman–Crippen MR) is 74.4 cm³/mol. The normalized spacial score (nSPS) is 12.6. The molecule has 0 bridgehead atoms. The highest BCUT2D eigenvalue weighted by atomic mass is 16.6. The summed E-state index contributed by atoms with van der Waals surface area (Å²) in [5.74, 6) is -0.783. The van der Waals surface area contributed by atoms with Crippen molar-refractivity contribution in [2.24, 2.45) is 0 Å². The summed E-state index contributed by atoms with van der Waals surface area (Å²) in [4.78, 5) is 39.7. The molecule has 1 aromatic carbocycles. The number of hydrogen-bond acceptors (Lipinski definition) is 7. The van der Waals surface area contributed by atoms with Gasteiger partial charge < -0.3 is 5.11 Å². The van der Waals surface area contributed by atoms with Gasteiger partial charge in [-0.3, -0.25) is 29.8 Å². The van der Waals surface area contributed by atoms with Crippen molar-refractivity contribution in [2.75, 3.05) is 0 Å². The maximum Gasteiger partial charge on any atom is 0.317 e. The maximum atomic E-state index is 10.4. The smallest absolute Gasteiger partial charge is 0.317 e. The molecule has 0 spiro atoms. The van der Waals surface area contributed by atoms with E-state index >= 15 is 0 Å². The Bertz CT molecular complexity index is 681. The Kier molecular flexibility index (Phi) is 5.22. The number of aryl methyl sites for hydroxylation is 1. The molecule has 1 aromatic rings. The molecule has 0 atom stereocenters. The Hall–Kier alpha value is -3.36. The van der Waals surface area contributed by atoms with Gasteiger partial charge in [0.2, 0.25) is 0 Å². The number of carbonyl (C=O) groups is 2. The second-order valence-electron chi connectivity index (χ2n) is 4.12. The van der Waals surface area contributed by atoms with Crippen LogP contribution in [-0.2, 0) is 9.59 Å². The van der Waals surface area contributed by atoms with Gasteiger partial charge >= 0.3 is 5.69 Å². The van der Waals surface area contributed by atoms with Gasteiger partial charge in [-0.05, 0) is 31.2 Å². The third-order valence-corrected chi connectivity index (χ3v) is 2.50. The first-order valence-corrected chi connectivity index (χ1v) is 5.79. The van der Waals surface area contributed by atoms with Crippen LogP contribution < -0.4 is 0 Å². The highest BCUT2D eigenvalue weighted by Crippen LogP contribution is 2.33. The third kappa shape index (κ3) is 4.34. The number of benzene rings is 1. The highest BCUT2D eigenvalue weighted by molar-refractivity contribution is 6.14. The number of nitro groups is 2. The van der Waals surface area contributed by atoms with Crippen LogP contribution in [-0.4, -0.2) is 26.5 Å². The fraction of sp³-hybridized carbons (Fsp3) is 0.0769. The second kappa shape index (κ2) is 6.88. The van der Waals surface area contributed by atoms with Crippen LogP contribution in [0.2, 0.25) is 0 Å². The summed E-state index contributed by atoms with van der Waals surface area (Å²) in [6.07, 6.45) is 5.01. The molecular formula is C13H10N2O7. The minimum Gasteiger partial charge on any atom is -0.502 e. The largest absolute Gasteiger partial charge is 0.502 e. The van der Waals surface area contributed by atoms with Crippen LogP contribution in [0.15, 0.2) is 36.4 Å². The lowest BCUT2D eigenvalue weighted by Crippen LogP contribution is -1.97. The molecule has 1 N–H and O–H groups in total. The van der Waals surface area contributed by atoms with Gasteiger partial charge in [0.1, 0.15) is 0 Å². The molecule has 0 saturated heterocycles. The summed E-state index contributed by atoms with van der Waals surface area (Å²) in [5, 5.41) is 29.9. The summed E-state index contributed by atoms with van der Waals surface area (Å²) < 4.78 is 0. The van der Waals surface area contributed by atoms with Crippen LogP contribution in [0.5, 0.6) is 5.75 Å². The van der Waals surface area contributed by atoms with E-state index in [2.05, 4.69) is 0 Å². The number of non-ortho nitro benzene ring substituents is 1. The van der Waals surface area contributed by atoms with Crippen molar-refractivity contribution in [1.82, 2.24) is 0 Å².